The molecule has 0 fully saturated rings. The van der Waals surface area contributed by atoms with Gasteiger partial charge in [-0.2, -0.15) is 0 Å². The fourth-order valence-corrected chi connectivity index (χ4v) is 3.02. The number of rotatable bonds is 16. The number of imidazole rings is 1. The number of nitrogens with one attached hydrogen (secondary N) is 4. The Morgan fingerprint density at radius 1 is 1.03 bits per heavy atom. The van der Waals surface area contributed by atoms with Crippen LogP contribution in [0.25, 0.3) is 0 Å². The summed E-state index contributed by atoms with van der Waals surface area (Å²) in [7, 11) is 0. The largest absolute Gasteiger partial charge is 0.480 e. The fourth-order valence-electron chi connectivity index (χ4n) is 3.02. The molecule has 0 bridgehead atoms. The second-order valence-corrected chi connectivity index (χ2v) is 8.02. The van der Waals surface area contributed by atoms with E-state index in [1.165, 1.54) is 19.4 Å². The van der Waals surface area contributed by atoms with E-state index in [1.54, 1.807) is 0 Å². The van der Waals surface area contributed by atoms with Crippen LogP contribution in [0.3, 0.4) is 0 Å². The zero-order chi connectivity index (χ0) is 26.5. The number of carbonyl (C=O) groups is 5. The number of hydrogen-bond acceptors (Lipinski definition) is 9. The van der Waals surface area contributed by atoms with E-state index < -0.39 is 66.3 Å². The van der Waals surface area contributed by atoms with Crippen LogP contribution in [-0.2, 0) is 30.4 Å². The number of nitrogens with zero attached hydrogens (tertiary/aromatic N) is 1. The minimum Gasteiger partial charge on any atom is -0.480 e. The van der Waals surface area contributed by atoms with Gasteiger partial charge in [0, 0.05) is 18.3 Å². The summed E-state index contributed by atoms with van der Waals surface area (Å²) in [5.41, 5.74) is 16.6. The number of H-pyrrole nitrogens is 1. The zero-order valence-electron chi connectivity index (χ0n) is 19.4. The third kappa shape index (κ3) is 10.5. The molecule has 5 atom stereocenters. The van der Waals surface area contributed by atoms with Crippen molar-refractivity contribution in [3.8, 4) is 0 Å². The first-order valence-corrected chi connectivity index (χ1v) is 11.0. The first-order chi connectivity index (χ1) is 16.5. The van der Waals surface area contributed by atoms with Gasteiger partial charge < -0.3 is 48.3 Å². The molecule has 15 nitrogen and oxygen atoms in total. The Morgan fingerprint density at radius 3 is 2.14 bits per heavy atom. The van der Waals surface area contributed by atoms with Crippen molar-refractivity contribution in [3.05, 3.63) is 18.2 Å². The molecule has 0 aliphatic heterocycles. The maximum Gasteiger partial charge on any atom is 0.326 e. The molecular weight excluding hydrogens is 464 g/mol. The summed E-state index contributed by atoms with van der Waals surface area (Å²) in [6.45, 7) is 1.68. The van der Waals surface area contributed by atoms with E-state index >= 15 is 0 Å². The highest BCUT2D eigenvalue weighted by Crippen LogP contribution is 2.06. The molecular formula is C20H34N8O7. The molecule has 0 spiro atoms. The number of aliphatic hydroxyl groups excluding tert-OH is 1. The van der Waals surface area contributed by atoms with Gasteiger partial charge in [0.05, 0.1) is 18.9 Å². The van der Waals surface area contributed by atoms with Gasteiger partial charge in [0.2, 0.25) is 23.6 Å². The molecule has 196 valence electrons. The van der Waals surface area contributed by atoms with Gasteiger partial charge in [-0.05, 0) is 32.7 Å². The molecule has 4 amide bonds. The Balaban J connectivity index is 3.07. The third-order valence-corrected chi connectivity index (χ3v) is 5.03. The van der Waals surface area contributed by atoms with E-state index in [-0.39, 0.29) is 12.8 Å². The van der Waals surface area contributed by atoms with Gasteiger partial charge >= 0.3 is 5.97 Å². The molecule has 1 aromatic heterocycles. The maximum atomic E-state index is 13.0. The van der Waals surface area contributed by atoms with E-state index in [9.17, 15) is 34.2 Å². The first-order valence-electron chi connectivity index (χ1n) is 11.0. The average Bonchev–Trinajstić information content (AvgIpc) is 3.29. The van der Waals surface area contributed by atoms with Crippen molar-refractivity contribution in [1.82, 2.24) is 25.9 Å². The highest BCUT2D eigenvalue weighted by Gasteiger charge is 2.31. The first kappa shape index (κ1) is 29.5. The number of carboxylic acid groups (broad SMARTS) is 1. The van der Waals surface area contributed by atoms with Crippen LogP contribution in [0, 0.1) is 0 Å². The van der Waals surface area contributed by atoms with Crippen molar-refractivity contribution in [2.24, 2.45) is 17.2 Å². The minimum atomic E-state index is -1.61. The molecule has 35 heavy (non-hydrogen) atoms. The molecule has 0 aromatic carbocycles. The van der Waals surface area contributed by atoms with E-state index in [0.717, 1.165) is 0 Å². The van der Waals surface area contributed by atoms with Crippen molar-refractivity contribution in [3.63, 3.8) is 0 Å². The molecule has 1 heterocycles. The Labute approximate surface area is 201 Å². The number of amides is 4. The van der Waals surface area contributed by atoms with Crippen LogP contribution in [0.4, 0.5) is 0 Å². The molecule has 0 saturated heterocycles. The third-order valence-electron chi connectivity index (χ3n) is 5.03. The monoisotopic (exact) mass is 498 g/mol. The highest BCUT2D eigenvalue weighted by molar-refractivity contribution is 5.95. The molecule has 12 N–H and O–H groups in total. The van der Waals surface area contributed by atoms with Crippen LogP contribution in [0.2, 0.25) is 0 Å². The van der Waals surface area contributed by atoms with Crippen LogP contribution >= 0.6 is 0 Å². The number of aliphatic carboxylic acids is 1. The molecule has 0 aliphatic carbocycles. The minimum absolute atomic E-state index is 0.100. The predicted octanol–water partition coefficient (Wildman–Crippen LogP) is -3.80. The number of carbonyl (C=O) groups excluding carboxylic acids is 4. The SMILES string of the molecule is CC(O)C(N)C(=O)NC(CCCCN)C(=O)NC(Cc1cnc[nH]1)C(=O)NC(CC(N)=O)C(=O)O. The molecule has 0 aliphatic rings. The number of nitrogens with two attached hydrogens (primary N) is 3. The summed E-state index contributed by atoms with van der Waals surface area (Å²) in [5.74, 6) is -4.83. The number of primary amides is 1. The standard InChI is InChI=1S/C20H34N8O7/c1-10(29)16(23)19(33)26-12(4-2-3-5-21)17(31)27-13(6-11-8-24-9-25-11)18(32)28-14(20(34)35)7-15(22)30/h8-10,12-14,16,29H,2-7,21,23H2,1H3,(H2,22,30)(H,24,25)(H,26,33)(H,27,31)(H,28,32)(H,34,35). The second-order valence-electron chi connectivity index (χ2n) is 8.02. The van der Waals surface area contributed by atoms with Gasteiger partial charge in [-0.25, -0.2) is 9.78 Å². The fraction of sp³-hybridized carbons (Fsp3) is 0.600. The van der Waals surface area contributed by atoms with Crippen LogP contribution in [0.5, 0.6) is 0 Å². The van der Waals surface area contributed by atoms with E-state index in [0.29, 0.717) is 25.1 Å². The summed E-state index contributed by atoms with van der Waals surface area (Å²) in [5, 5.41) is 26.0. The average molecular weight is 499 g/mol. The van der Waals surface area contributed by atoms with Gasteiger partial charge in [0.15, 0.2) is 0 Å². The summed E-state index contributed by atoms with van der Waals surface area (Å²) in [6, 6.07) is -5.30. The number of aliphatic hydroxyl groups is 1. The van der Waals surface area contributed by atoms with Crippen LogP contribution in [-0.4, -0.2) is 86.6 Å². The second kappa shape index (κ2) is 14.6. The molecule has 1 aromatic rings. The lowest BCUT2D eigenvalue weighted by Crippen LogP contribution is -2.58. The zero-order valence-corrected chi connectivity index (χ0v) is 19.4. The lowest BCUT2D eigenvalue weighted by atomic mass is 10.0. The Morgan fingerprint density at radius 2 is 1.63 bits per heavy atom. The number of aromatic amines is 1. The summed E-state index contributed by atoms with van der Waals surface area (Å²) < 4.78 is 0. The van der Waals surface area contributed by atoms with Crippen LogP contribution in [0.1, 0.15) is 38.3 Å². The predicted molar refractivity (Wildman–Crippen MR) is 122 cm³/mol. The number of hydrogen-bond donors (Lipinski definition) is 9. The van der Waals surface area contributed by atoms with Crippen LogP contribution in [0.15, 0.2) is 12.5 Å². The maximum absolute atomic E-state index is 13.0. The van der Waals surface area contributed by atoms with Gasteiger partial charge in [0.1, 0.15) is 24.2 Å². The Kier molecular flexibility index (Phi) is 12.3. The topological polar surface area (TPSA) is 269 Å². The lowest BCUT2D eigenvalue weighted by Gasteiger charge is -2.25. The van der Waals surface area contributed by atoms with Gasteiger partial charge in [0.25, 0.3) is 0 Å². The van der Waals surface area contributed by atoms with E-state index in [1.807, 2.05) is 0 Å². The van der Waals surface area contributed by atoms with Crippen LogP contribution < -0.4 is 33.2 Å². The quantitative estimate of drug-likeness (QED) is 0.100. The van der Waals surface area contributed by atoms with E-state index in [2.05, 4.69) is 25.9 Å². The summed E-state index contributed by atoms with van der Waals surface area (Å²) in [4.78, 5) is 67.4. The molecule has 0 saturated carbocycles. The number of carboxylic acids is 1. The highest BCUT2D eigenvalue weighted by atomic mass is 16.4. The molecule has 1 rings (SSSR count). The van der Waals surface area contributed by atoms with Gasteiger partial charge in [-0.1, -0.05) is 0 Å². The number of aromatic nitrogens is 2. The van der Waals surface area contributed by atoms with Crippen molar-refractivity contribution < 1.29 is 34.2 Å². The van der Waals surface area contributed by atoms with Crippen molar-refractivity contribution in [1.29, 1.82) is 0 Å². The summed E-state index contributed by atoms with van der Waals surface area (Å²) in [6.07, 6.45) is 2.04. The molecule has 5 unspecified atom stereocenters. The van der Waals surface area contributed by atoms with Crippen molar-refractivity contribution >= 4 is 29.6 Å². The van der Waals surface area contributed by atoms with Crippen molar-refractivity contribution in [2.45, 2.75) is 69.3 Å². The normalized spacial score (nSPS) is 15.2. The molecule has 0 radical (unpaired) electrons. The molecule has 15 heteroatoms. The smallest absolute Gasteiger partial charge is 0.326 e. The van der Waals surface area contributed by atoms with Crippen molar-refractivity contribution in [2.75, 3.05) is 6.54 Å². The Hall–Kier alpha value is -3.56. The van der Waals surface area contributed by atoms with Gasteiger partial charge in [-0.15, -0.1) is 0 Å². The van der Waals surface area contributed by atoms with E-state index in [4.69, 9.17) is 17.2 Å². The number of unbranched alkanes of at least 4 members (excludes halogenated alkanes) is 1. The Bertz CT molecular complexity index is 862. The summed E-state index contributed by atoms with van der Waals surface area (Å²) >= 11 is 0. The lowest BCUT2D eigenvalue weighted by molar-refractivity contribution is -0.143. The van der Waals surface area contributed by atoms with Gasteiger partial charge in [-0.3, -0.25) is 19.2 Å².